The van der Waals surface area contributed by atoms with E-state index in [-0.39, 0.29) is 17.9 Å². The van der Waals surface area contributed by atoms with Gasteiger partial charge in [0.2, 0.25) is 0 Å². The molecule has 2 saturated carbocycles. The summed E-state index contributed by atoms with van der Waals surface area (Å²) in [6.45, 7) is 2.63. The highest BCUT2D eigenvalue weighted by atomic mass is 32.1. The topological polar surface area (TPSA) is 74.8 Å². The van der Waals surface area contributed by atoms with Gasteiger partial charge in [-0.2, -0.15) is 0 Å². The summed E-state index contributed by atoms with van der Waals surface area (Å²) in [6.07, 6.45) is 14.6. The lowest BCUT2D eigenvalue weighted by Gasteiger charge is -2.41. The first-order chi connectivity index (χ1) is 18.2. The van der Waals surface area contributed by atoms with E-state index in [1.807, 2.05) is 36.5 Å². The normalized spacial score (nSPS) is 21.6. The Kier molecular flexibility index (Phi) is 9.10. The molecule has 5 rings (SSSR count). The van der Waals surface area contributed by atoms with Gasteiger partial charge in [-0.25, -0.2) is 9.78 Å². The lowest BCUT2D eigenvalue weighted by atomic mass is 9.89. The number of aromatic nitrogens is 1. The minimum atomic E-state index is -0.117. The van der Waals surface area contributed by atoms with Crippen LogP contribution in [0.4, 0.5) is 9.93 Å². The van der Waals surface area contributed by atoms with Crippen LogP contribution in [0.25, 0.3) is 0 Å². The molecule has 37 heavy (non-hydrogen) atoms. The van der Waals surface area contributed by atoms with Crippen molar-refractivity contribution in [3.05, 3.63) is 47.0 Å². The van der Waals surface area contributed by atoms with E-state index in [0.29, 0.717) is 30.4 Å². The molecule has 8 heteroatoms. The maximum Gasteiger partial charge on any atom is 0.324 e. The minimum Gasteiger partial charge on any atom is -0.461 e. The molecule has 2 aliphatic carbocycles. The molecule has 2 aromatic rings. The number of nitrogens with zero attached hydrogens (tertiary/aromatic N) is 3. The molecule has 1 aliphatic heterocycles. The van der Waals surface area contributed by atoms with Crippen LogP contribution < -0.4 is 5.32 Å². The van der Waals surface area contributed by atoms with Gasteiger partial charge in [0.25, 0.3) is 0 Å². The number of hydrogen-bond donors (Lipinski definition) is 1. The number of carbonyl (C=O) groups excluding carboxylic acids is 2. The molecule has 2 amide bonds. The van der Waals surface area contributed by atoms with Crippen molar-refractivity contribution in [1.29, 1.82) is 0 Å². The Balaban J connectivity index is 1.12. The first-order valence-electron chi connectivity index (χ1n) is 14.1. The van der Waals surface area contributed by atoms with Gasteiger partial charge in [0.15, 0.2) is 5.13 Å². The number of rotatable bonds is 8. The molecule has 1 atom stereocenters. The molecule has 3 fully saturated rings. The van der Waals surface area contributed by atoms with Gasteiger partial charge in [0.05, 0.1) is 5.92 Å². The number of carbonyl (C=O) groups is 2. The van der Waals surface area contributed by atoms with Gasteiger partial charge in [-0.15, -0.1) is 11.3 Å². The fourth-order valence-electron chi connectivity index (χ4n) is 6.18. The van der Waals surface area contributed by atoms with Crippen LogP contribution in [0.2, 0.25) is 0 Å². The fourth-order valence-corrected chi connectivity index (χ4v) is 7.02. The summed E-state index contributed by atoms with van der Waals surface area (Å²) in [5.41, 5.74) is 1.01. The maximum atomic E-state index is 13.5. The quantitative estimate of drug-likeness (QED) is 0.416. The number of ether oxygens (including phenoxy) is 1. The smallest absolute Gasteiger partial charge is 0.324 e. The predicted octanol–water partition coefficient (Wildman–Crippen LogP) is 6.21. The number of anilines is 1. The largest absolute Gasteiger partial charge is 0.461 e. The Morgan fingerprint density at radius 3 is 2.32 bits per heavy atom. The van der Waals surface area contributed by atoms with Crippen LogP contribution in [0.3, 0.4) is 0 Å². The Labute approximate surface area is 224 Å². The van der Waals surface area contributed by atoms with Crippen molar-refractivity contribution in [2.75, 3.05) is 18.4 Å². The molecular formula is C29H40N4O3S. The molecule has 1 aromatic carbocycles. The number of amides is 2. The van der Waals surface area contributed by atoms with Crippen molar-refractivity contribution in [2.24, 2.45) is 5.92 Å². The number of urea groups is 1. The molecule has 1 unspecified atom stereocenters. The summed E-state index contributed by atoms with van der Waals surface area (Å²) >= 11 is 1.55. The van der Waals surface area contributed by atoms with Crippen LogP contribution in [0.5, 0.6) is 0 Å². The van der Waals surface area contributed by atoms with E-state index in [0.717, 1.165) is 55.6 Å². The number of likely N-dealkylation sites (tertiary alicyclic amines) is 1. The van der Waals surface area contributed by atoms with Gasteiger partial charge in [-0.05, 0) is 44.2 Å². The van der Waals surface area contributed by atoms with Gasteiger partial charge < -0.3 is 9.64 Å². The fraction of sp³-hybridized carbons (Fsp3) is 0.621. The molecule has 1 aromatic heterocycles. The van der Waals surface area contributed by atoms with Gasteiger partial charge in [0.1, 0.15) is 6.61 Å². The molecule has 2 heterocycles. The standard InChI is InChI=1S/C29H40N4O3S/c34-27(36-21-22-10-4-1-5-11-22)23-16-17-32(19-23)20-26-18-30-28(37-26)31-29(35)33(24-12-6-2-7-13-24)25-14-8-3-9-15-25/h1,4-5,10-11,18,23-25H,2-3,6-9,12-17,19-21H2,(H,30,31,35). The lowest BCUT2D eigenvalue weighted by molar-refractivity contribution is -0.149. The number of esters is 1. The first kappa shape index (κ1) is 26.2. The molecule has 200 valence electrons. The summed E-state index contributed by atoms with van der Waals surface area (Å²) in [6, 6.07) is 10.6. The summed E-state index contributed by atoms with van der Waals surface area (Å²) in [4.78, 5) is 36.1. The van der Waals surface area contributed by atoms with Gasteiger partial charge in [-0.1, -0.05) is 68.9 Å². The first-order valence-corrected chi connectivity index (χ1v) is 14.9. The molecule has 0 spiro atoms. The molecule has 3 aliphatic rings. The summed E-state index contributed by atoms with van der Waals surface area (Å²) in [5, 5.41) is 3.82. The summed E-state index contributed by atoms with van der Waals surface area (Å²) in [5.74, 6) is -0.204. The zero-order valence-electron chi connectivity index (χ0n) is 21.8. The maximum absolute atomic E-state index is 13.5. The highest BCUT2D eigenvalue weighted by Crippen LogP contribution is 2.31. The summed E-state index contributed by atoms with van der Waals surface area (Å²) < 4.78 is 5.55. The second-order valence-electron chi connectivity index (χ2n) is 10.9. The molecule has 7 nitrogen and oxygen atoms in total. The highest BCUT2D eigenvalue weighted by molar-refractivity contribution is 7.15. The predicted molar refractivity (Wildman–Crippen MR) is 146 cm³/mol. The average molecular weight is 525 g/mol. The van der Waals surface area contributed by atoms with Crippen LogP contribution in [-0.2, 0) is 22.7 Å². The highest BCUT2D eigenvalue weighted by Gasteiger charge is 2.33. The second kappa shape index (κ2) is 12.9. The molecule has 0 radical (unpaired) electrons. The van der Waals surface area contributed by atoms with Crippen LogP contribution in [-0.4, -0.2) is 52.0 Å². The number of nitrogens with one attached hydrogen (secondary N) is 1. The number of hydrogen-bond acceptors (Lipinski definition) is 6. The minimum absolute atomic E-state index is 0.0297. The number of thiazole rings is 1. The average Bonchev–Trinajstić information content (AvgIpc) is 3.59. The Hall–Kier alpha value is -2.45. The SMILES string of the molecule is O=C(OCc1ccccc1)C1CCN(Cc2cnc(NC(=O)N(C3CCCCC3)C3CCCCC3)s2)C1. The van der Waals surface area contributed by atoms with Crippen molar-refractivity contribution in [3.8, 4) is 0 Å². The van der Waals surface area contributed by atoms with E-state index in [9.17, 15) is 9.59 Å². The lowest BCUT2D eigenvalue weighted by Crippen LogP contribution is -2.50. The number of benzene rings is 1. The third kappa shape index (κ3) is 7.11. The van der Waals surface area contributed by atoms with Gasteiger partial charge in [-0.3, -0.25) is 15.0 Å². The Morgan fingerprint density at radius 2 is 1.65 bits per heavy atom. The van der Waals surface area contributed by atoms with E-state index in [4.69, 9.17) is 4.74 Å². The Bertz CT molecular complexity index is 999. The van der Waals surface area contributed by atoms with E-state index in [1.165, 1.54) is 38.5 Å². The molecule has 1 saturated heterocycles. The van der Waals surface area contributed by atoms with Gasteiger partial charge >= 0.3 is 12.0 Å². The van der Waals surface area contributed by atoms with Crippen molar-refractivity contribution in [2.45, 2.75) is 95.9 Å². The molecular weight excluding hydrogens is 484 g/mol. The second-order valence-corrected chi connectivity index (χ2v) is 12.0. The monoisotopic (exact) mass is 524 g/mol. The van der Waals surface area contributed by atoms with E-state index in [2.05, 4.69) is 20.1 Å². The Morgan fingerprint density at radius 1 is 0.973 bits per heavy atom. The van der Waals surface area contributed by atoms with E-state index >= 15 is 0 Å². The van der Waals surface area contributed by atoms with Crippen molar-refractivity contribution >= 4 is 28.5 Å². The third-order valence-corrected chi connectivity index (χ3v) is 9.04. The van der Waals surface area contributed by atoms with Crippen LogP contribution >= 0.6 is 11.3 Å². The van der Waals surface area contributed by atoms with Crippen LogP contribution in [0, 0.1) is 5.92 Å². The molecule has 1 N–H and O–H groups in total. The zero-order chi connectivity index (χ0) is 25.5. The van der Waals surface area contributed by atoms with E-state index in [1.54, 1.807) is 11.3 Å². The van der Waals surface area contributed by atoms with Gasteiger partial charge in [0, 0.05) is 36.2 Å². The zero-order valence-corrected chi connectivity index (χ0v) is 22.6. The van der Waals surface area contributed by atoms with Crippen LogP contribution in [0.1, 0.15) is 81.1 Å². The van der Waals surface area contributed by atoms with Crippen molar-refractivity contribution in [3.63, 3.8) is 0 Å². The van der Waals surface area contributed by atoms with Crippen molar-refractivity contribution in [1.82, 2.24) is 14.8 Å². The molecule has 0 bridgehead atoms. The van der Waals surface area contributed by atoms with E-state index < -0.39 is 0 Å². The summed E-state index contributed by atoms with van der Waals surface area (Å²) in [7, 11) is 0. The van der Waals surface area contributed by atoms with Crippen molar-refractivity contribution < 1.29 is 14.3 Å². The van der Waals surface area contributed by atoms with Crippen LogP contribution in [0.15, 0.2) is 36.5 Å². The third-order valence-electron chi connectivity index (χ3n) is 8.15.